The summed E-state index contributed by atoms with van der Waals surface area (Å²) in [4.78, 5) is 14.1. The molecule has 0 spiro atoms. The fraction of sp³-hybridized carbons (Fsp3) is 0.588. The van der Waals surface area contributed by atoms with E-state index in [9.17, 15) is 4.79 Å². The predicted molar refractivity (Wildman–Crippen MR) is 86.5 cm³/mol. The first kappa shape index (κ1) is 16.5. The molecule has 1 atom stereocenters. The van der Waals surface area contributed by atoms with E-state index < -0.39 is 0 Å². The first-order valence-corrected chi connectivity index (χ1v) is 7.62. The molecule has 0 bridgehead atoms. The summed E-state index contributed by atoms with van der Waals surface area (Å²) >= 11 is 0. The summed E-state index contributed by atoms with van der Waals surface area (Å²) in [6, 6.07) is 7.96. The molecule has 0 aliphatic heterocycles. The van der Waals surface area contributed by atoms with Crippen LogP contribution in [-0.4, -0.2) is 26.0 Å². The van der Waals surface area contributed by atoms with E-state index in [1.54, 1.807) is 0 Å². The van der Waals surface area contributed by atoms with Crippen molar-refractivity contribution in [3.05, 3.63) is 29.8 Å². The zero-order valence-electron chi connectivity index (χ0n) is 13.3. The van der Waals surface area contributed by atoms with E-state index in [2.05, 4.69) is 19.2 Å². The first-order valence-electron chi connectivity index (χ1n) is 7.62. The largest absolute Gasteiger partial charge is 0.378 e. The molecule has 0 radical (unpaired) electrons. The van der Waals surface area contributed by atoms with Gasteiger partial charge in [0.15, 0.2) is 0 Å². The maximum absolute atomic E-state index is 12.1. The minimum absolute atomic E-state index is 0.0262. The fourth-order valence-electron chi connectivity index (χ4n) is 2.17. The van der Waals surface area contributed by atoms with E-state index in [-0.39, 0.29) is 11.9 Å². The number of hydrogen-bond acceptors (Lipinski definition) is 2. The second kappa shape index (κ2) is 8.62. The van der Waals surface area contributed by atoms with Crippen LogP contribution >= 0.6 is 0 Å². The summed E-state index contributed by atoms with van der Waals surface area (Å²) in [6.45, 7) is 4.29. The highest BCUT2D eigenvalue weighted by Crippen LogP contribution is 2.12. The minimum Gasteiger partial charge on any atom is -0.378 e. The molecule has 1 rings (SSSR count). The lowest BCUT2D eigenvalue weighted by atomic mass is 10.1. The van der Waals surface area contributed by atoms with Gasteiger partial charge in [0.05, 0.1) is 0 Å². The van der Waals surface area contributed by atoms with Crippen LogP contribution < -0.4 is 10.2 Å². The van der Waals surface area contributed by atoms with Gasteiger partial charge in [0, 0.05) is 31.4 Å². The van der Waals surface area contributed by atoms with Crippen LogP contribution in [0.15, 0.2) is 24.3 Å². The third kappa shape index (κ3) is 5.64. The van der Waals surface area contributed by atoms with E-state index in [0.717, 1.165) is 17.7 Å². The van der Waals surface area contributed by atoms with Crippen LogP contribution in [-0.2, 0) is 0 Å². The molecule has 1 aromatic carbocycles. The Balaban J connectivity index is 2.41. The number of rotatable bonds is 8. The maximum Gasteiger partial charge on any atom is 0.251 e. The highest BCUT2D eigenvalue weighted by Gasteiger charge is 2.09. The number of carbonyl (C=O) groups excluding carboxylic acids is 1. The van der Waals surface area contributed by atoms with Crippen LogP contribution in [0.4, 0.5) is 5.69 Å². The Morgan fingerprint density at radius 2 is 1.80 bits per heavy atom. The molecule has 0 unspecified atom stereocenters. The van der Waals surface area contributed by atoms with Crippen LogP contribution in [0.3, 0.4) is 0 Å². The Labute approximate surface area is 123 Å². The Hall–Kier alpha value is -1.51. The van der Waals surface area contributed by atoms with Crippen molar-refractivity contribution in [1.82, 2.24) is 5.32 Å². The summed E-state index contributed by atoms with van der Waals surface area (Å²) in [5.41, 5.74) is 1.84. The molecule has 1 aromatic rings. The summed E-state index contributed by atoms with van der Waals surface area (Å²) < 4.78 is 0. The van der Waals surface area contributed by atoms with Gasteiger partial charge < -0.3 is 10.2 Å². The number of amides is 1. The van der Waals surface area contributed by atoms with Crippen molar-refractivity contribution in [3.63, 3.8) is 0 Å². The molecule has 0 saturated carbocycles. The van der Waals surface area contributed by atoms with Gasteiger partial charge in [0.1, 0.15) is 0 Å². The van der Waals surface area contributed by atoms with Crippen LogP contribution in [0.25, 0.3) is 0 Å². The molecule has 3 heteroatoms. The zero-order valence-corrected chi connectivity index (χ0v) is 13.3. The third-order valence-electron chi connectivity index (χ3n) is 3.51. The quantitative estimate of drug-likeness (QED) is 0.732. The lowest BCUT2D eigenvalue weighted by molar-refractivity contribution is 0.0938. The average molecular weight is 276 g/mol. The second-order valence-corrected chi connectivity index (χ2v) is 5.67. The van der Waals surface area contributed by atoms with Gasteiger partial charge >= 0.3 is 0 Å². The molecule has 1 amide bonds. The monoisotopic (exact) mass is 276 g/mol. The van der Waals surface area contributed by atoms with Gasteiger partial charge in [-0.25, -0.2) is 0 Å². The molecule has 0 fully saturated rings. The predicted octanol–water partition coefficient (Wildman–Crippen LogP) is 3.84. The van der Waals surface area contributed by atoms with Gasteiger partial charge in [-0.2, -0.15) is 0 Å². The Kier molecular flexibility index (Phi) is 7.13. The molecule has 0 saturated heterocycles. The van der Waals surface area contributed by atoms with Crippen molar-refractivity contribution in [1.29, 1.82) is 0 Å². The Morgan fingerprint density at radius 3 is 2.35 bits per heavy atom. The topological polar surface area (TPSA) is 32.3 Å². The van der Waals surface area contributed by atoms with Crippen LogP contribution in [0.5, 0.6) is 0 Å². The maximum atomic E-state index is 12.1. The Bertz CT molecular complexity index is 398. The molecule has 112 valence electrons. The molecule has 0 heterocycles. The minimum atomic E-state index is 0.0262. The molecule has 0 aromatic heterocycles. The number of unbranched alkanes of at least 4 members (excludes halogenated alkanes) is 3. The average Bonchev–Trinajstić information content (AvgIpc) is 2.43. The molecule has 20 heavy (non-hydrogen) atoms. The normalized spacial score (nSPS) is 12.0. The van der Waals surface area contributed by atoms with Crippen molar-refractivity contribution in [2.24, 2.45) is 0 Å². The van der Waals surface area contributed by atoms with Crippen molar-refractivity contribution in [2.75, 3.05) is 19.0 Å². The van der Waals surface area contributed by atoms with E-state index in [0.29, 0.717) is 0 Å². The van der Waals surface area contributed by atoms with Crippen LogP contribution in [0.1, 0.15) is 56.3 Å². The highest BCUT2D eigenvalue weighted by atomic mass is 16.1. The number of nitrogens with zero attached hydrogens (tertiary/aromatic N) is 1. The van der Waals surface area contributed by atoms with Gasteiger partial charge in [-0.05, 0) is 37.6 Å². The van der Waals surface area contributed by atoms with Crippen molar-refractivity contribution in [2.45, 2.75) is 52.0 Å². The van der Waals surface area contributed by atoms with E-state index in [1.165, 1.54) is 25.7 Å². The summed E-state index contributed by atoms with van der Waals surface area (Å²) in [5, 5.41) is 3.07. The number of hydrogen-bond donors (Lipinski definition) is 1. The van der Waals surface area contributed by atoms with E-state index >= 15 is 0 Å². The lowest BCUT2D eigenvalue weighted by Crippen LogP contribution is -2.32. The van der Waals surface area contributed by atoms with Gasteiger partial charge in [-0.1, -0.05) is 32.6 Å². The van der Waals surface area contributed by atoms with Crippen molar-refractivity contribution >= 4 is 11.6 Å². The van der Waals surface area contributed by atoms with Gasteiger partial charge in [0.25, 0.3) is 5.91 Å². The Morgan fingerprint density at radius 1 is 1.15 bits per heavy atom. The first-order chi connectivity index (χ1) is 9.54. The summed E-state index contributed by atoms with van der Waals surface area (Å²) in [6.07, 6.45) is 6.04. The standard InChI is InChI=1S/C17H28N2O/c1-5-6-7-8-9-14(2)18-17(20)15-10-12-16(13-11-15)19(3)4/h10-14H,5-9H2,1-4H3,(H,18,20)/t14-/m0/s1. The smallest absolute Gasteiger partial charge is 0.251 e. The van der Waals surface area contributed by atoms with Gasteiger partial charge in [0.2, 0.25) is 0 Å². The number of nitrogens with one attached hydrogen (secondary N) is 1. The van der Waals surface area contributed by atoms with E-state index in [1.807, 2.05) is 43.3 Å². The zero-order chi connectivity index (χ0) is 15.0. The highest BCUT2D eigenvalue weighted by molar-refractivity contribution is 5.94. The molecule has 3 nitrogen and oxygen atoms in total. The van der Waals surface area contributed by atoms with Crippen LogP contribution in [0.2, 0.25) is 0 Å². The molecular formula is C17H28N2O. The third-order valence-corrected chi connectivity index (χ3v) is 3.51. The number of carbonyl (C=O) groups is 1. The number of anilines is 1. The van der Waals surface area contributed by atoms with E-state index in [4.69, 9.17) is 0 Å². The van der Waals surface area contributed by atoms with Crippen molar-refractivity contribution < 1.29 is 4.79 Å². The molecule has 0 aliphatic carbocycles. The summed E-state index contributed by atoms with van der Waals surface area (Å²) in [5.74, 6) is 0.0262. The SMILES string of the molecule is CCCCCC[C@H](C)NC(=O)c1ccc(N(C)C)cc1. The van der Waals surface area contributed by atoms with Crippen LogP contribution in [0, 0.1) is 0 Å². The fourth-order valence-corrected chi connectivity index (χ4v) is 2.17. The molecule has 1 N–H and O–H groups in total. The van der Waals surface area contributed by atoms with Crippen molar-refractivity contribution in [3.8, 4) is 0 Å². The van der Waals surface area contributed by atoms with Gasteiger partial charge in [-0.15, -0.1) is 0 Å². The molecule has 0 aliphatic rings. The molecular weight excluding hydrogens is 248 g/mol. The van der Waals surface area contributed by atoms with Gasteiger partial charge in [-0.3, -0.25) is 4.79 Å². The summed E-state index contributed by atoms with van der Waals surface area (Å²) in [7, 11) is 3.99. The second-order valence-electron chi connectivity index (χ2n) is 5.67. The number of benzene rings is 1. The lowest BCUT2D eigenvalue weighted by Gasteiger charge is -2.15.